The first-order valence-electron chi connectivity index (χ1n) is 6.83. The summed E-state index contributed by atoms with van der Waals surface area (Å²) in [6, 6.07) is 0.464. The number of carbonyl (C=O) groups excluding carboxylic acids is 1. The van der Waals surface area contributed by atoms with Crippen LogP contribution in [-0.2, 0) is 4.79 Å². The summed E-state index contributed by atoms with van der Waals surface area (Å²) in [5.41, 5.74) is 0.384. The number of hydrogen-bond donors (Lipinski definition) is 0. The van der Waals surface area contributed by atoms with Crippen LogP contribution in [0.3, 0.4) is 0 Å². The van der Waals surface area contributed by atoms with Crippen molar-refractivity contribution in [2.75, 3.05) is 6.54 Å². The van der Waals surface area contributed by atoms with E-state index in [0.717, 1.165) is 18.9 Å². The minimum absolute atomic E-state index is 0.338. The summed E-state index contributed by atoms with van der Waals surface area (Å²) in [4.78, 5) is 14.2. The topological polar surface area (TPSA) is 20.3 Å². The maximum absolute atomic E-state index is 12.0. The molecule has 1 heterocycles. The predicted molar refractivity (Wildman–Crippen MR) is 70.6 cm³/mol. The Morgan fingerprint density at radius 3 is 2.65 bits per heavy atom. The average molecular weight is 235 g/mol. The van der Waals surface area contributed by atoms with Gasteiger partial charge in [0.15, 0.2) is 0 Å². The summed E-state index contributed by atoms with van der Waals surface area (Å²) in [7, 11) is 0. The fourth-order valence-corrected chi connectivity index (χ4v) is 3.80. The lowest BCUT2D eigenvalue weighted by Crippen LogP contribution is -2.44. The normalized spacial score (nSPS) is 37.2. The summed E-state index contributed by atoms with van der Waals surface area (Å²) in [6.07, 6.45) is 6.24. The van der Waals surface area contributed by atoms with Crippen LogP contribution in [0.4, 0.5) is 0 Å². The molecule has 17 heavy (non-hydrogen) atoms. The van der Waals surface area contributed by atoms with Gasteiger partial charge in [-0.05, 0) is 30.6 Å². The van der Waals surface area contributed by atoms with E-state index in [0.29, 0.717) is 29.7 Å². The van der Waals surface area contributed by atoms with Crippen molar-refractivity contribution in [1.82, 2.24) is 4.90 Å². The Morgan fingerprint density at radius 1 is 1.41 bits per heavy atom. The highest BCUT2D eigenvalue weighted by atomic mass is 16.2. The number of nitrogens with zero attached hydrogens (tertiary/aromatic N) is 1. The highest BCUT2D eigenvalue weighted by molar-refractivity contribution is 5.79. The molecule has 0 N–H and O–H groups in total. The fraction of sp³-hybridized carbons (Fsp3) is 0.800. The molecule has 1 amide bonds. The Labute approximate surface area is 105 Å². The lowest BCUT2D eigenvalue weighted by atomic mass is 9.70. The van der Waals surface area contributed by atoms with Gasteiger partial charge in [-0.1, -0.05) is 26.8 Å². The Balaban J connectivity index is 2.07. The third kappa shape index (κ3) is 2.72. The van der Waals surface area contributed by atoms with Crippen LogP contribution < -0.4 is 0 Å². The van der Waals surface area contributed by atoms with E-state index in [1.165, 1.54) is 12.8 Å². The number of hydrogen-bond acceptors (Lipinski definition) is 1. The molecule has 3 unspecified atom stereocenters. The second-order valence-corrected chi connectivity index (χ2v) is 6.81. The SMILES string of the molecule is C=CC1CC(=O)N(C2CC(C)CC(C)(C)C2)C1. The van der Waals surface area contributed by atoms with Crippen LogP contribution in [0.15, 0.2) is 12.7 Å². The number of likely N-dealkylation sites (tertiary alicyclic amines) is 1. The zero-order chi connectivity index (χ0) is 12.6. The lowest BCUT2D eigenvalue weighted by molar-refractivity contribution is -0.131. The van der Waals surface area contributed by atoms with Crippen LogP contribution in [0.25, 0.3) is 0 Å². The Bertz CT molecular complexity index is 321. The largest absolute Gasteiger partial charge is 0.339 e. The molecule has 0 aromatic heterocycles. The smallest absolute Gasteiger partial charge is 0.223 e. The van der Waals surface area contributed by atoms with Gasteiger partial charge >= 0.3 is 0 Å². The summed E-state index contributed by atoms with van der Waals surface area (Å²) in [5.74, 6) is 1.45. The summed E-state index contributed by atoms with van der Waals surface area (Å²) in [6.45, 7) is 11.7. The fourth-order valence-electron chi connectivity index (χ4n) is 3.80. The molecule has 0 bridgehead atoms. The molecule has 2 fully saturated rings. The molecule has 1 aliphatic heterocycles. The molecule has 0 spiro atoms. The second-order valence-electron chi connectivity index (χ2n) is 6.81. The molecule has 2 nitrogen and oxygen atoms in total. The number of carbonyl (C=O) groups is 1. The first-order valence-corrected chi connectivity index (χ1v) is 6.83. The lowest BCUT2D eigenvalue weighted by Gasteiger charge is -2.42. The minimum atomic E-state index is 0.338. The van der Waals surface area contributed by atoms with Crippen LogP contribution >= 0.6 is 0 Å². The van der Waals surface area contributed by atoms with Gasteiger partial charge in [0, 0.05) is 24.9 Å². The number of amides is 1. The van der Waals surface area contributed by atoms with E-state index < -0.39 is 0 Å². The first kappa shape index (κ1) is 12.7. The second kappa shape index (κ2) is 4.47. The van der Waals surface area contributed by atoms with Gasteiger partial charge in [0.1, 0.15) is 0 Å². The van der Waals surface area contributed by atoms with Crippen LogP contribution in [-0.4, -0.2) is 23.4 Å². The van der Waals surface area contributed by atoms with Gasteiger partial charge in [-0.3, -0.25) is 4.79 Å². The monoisotopic (exact) mass is 235 g/mol. The highest BCUT2D eigenvalue weighted by Crippen LogP contribution is 2.41. The third-order valence-corrected chi connectivity index (χ3v) is 4.33. The molecule has 1 saturated heterocycles. The van der Waals surface area contributed by atoms with Gasteiger partial charge in [-0.15, -0.1) is 6.58 Å². The summed E-state index contributed by atoms with van der Waals surface area (Å²) < 4.78 is 0. The van der Waals surface area contributed by atoms with Gasteiger partial charge in [0.25, 0.3) is 0 Å². The van der Waals surface area contributed by atoms with Gasteiger partial charge in [0.05, 0.1) is 0 Å². The van der Waals surface area contributed by atoms with Gasteiger partial charge < -0.3 is 4.90 Å². The van der Waals surface area contributed by atoms with Crippen molar-refractivity contribution in [3.63, 3.8) is 0 Å². The minimum Gasteiger partial charge on any atom is -0.339 e. The van der Waals surface area contributed by atoms with Crippen molar-refractivity contribution in [1.29, 1.82) is 0 Å². The van der Waals surface area contributed by atoms with Crippen molar-refractivity contribution in [2.45, 2.75) is 52.5 Å². The van der Waals surface area contributed by atoms with Crippen molar-refractivity contribution in [2.24, 2.45) is 17.3 Å². The maximum Gasteiger partial charge on any atom is 0.223 e. The maximum atomic E-state index is 12.0. The molecule has 3 atom stereocenters. The van der Waals surface area contributed by atoms with Crippen LogP contribution in [0.5, 0.6) is 0 Å². The highest BCUT2D eigenvalue weighted by Gasteiger charge is 2.39. The van der Waals surface area contributed by atoms with E-state index in [4.69, 9.17) is 0 Å². The zero-order valence-electron chi connectivity index (χ0n) is 11.4. The Kier molecular flexibility index (Phi) is 3.33. The van der Waals surface area contributed by atoms with Gasteiger partial charge in [-0.25, -0.2) is 0 Å². The van der Waals surface area contributed by atoms with Crippen LogP contribution in [0, 0.1) is 17.3 Å². The van der Waals surface area contributed by atoms with E-state index in [9.17, 15) is 4.79 Å². The molecular formula is C15H25NO. The average Bonchev–Trinajstić information content (AvgIpc) is 2.56. The Hall–Kier alpha value is -0.790. The van der Waals surface area contributed by atoms with Gasteiger partial charge in [-0.2, -0.15) is 0 Å². The molecule has 96 valence electrons. The number of rotatable bonds is 2. The molecule has 2 rings (SSSR count). The molecule has 0 aromatic rings. The van der Waals surface area contributed by atoms with E-state index in [1.54, 1.807) is 0 Å². The van der Waals surface area contributed by atoms with E-state index in [1.807, 2.05) is 6.08 Å². The van der Waals surface area contributed by atoms with Crippen molar-refractivity contribution in [3.8, 4) is 0 Å². The molecule has 2 heteroatoms. The molecular weight excluding hydrogens is 210 g/mol. The standard InChI is InChI=1S/C15H25NO/c1-5-12-7-14(17)16(10-12)13-6-11(2)8-15(3,4)9-13/h5,11-13H,1,6-10H2,2-4H3. The van der Waals surface area contributed by atoms with E-state index in [-0.39, 0.29) is 0 Å². The first-order chi connectivity index (χ1) is 7.91. The van der Waals surface area contributed by atoms with Crippen molar-refractivity contribution >= 4 is 5.91 Å². The van der Waals surface area contributed by atoms with E-state index >= 15 is 0 Å². The van der Waals surface area contributed by atoms with Gasteiger partial charge in [0.2, 0.25) is 5.91 Å². The van der Waals surface area contributed by atoms with Crippen LogP contribution in [0.1, 0.15) is 46.5 Å². The molecule has 1 aliphatic carbocycles. The molecule has 0 radical (unpaired) electrons. The van der Waals surface area contributed by atoms with Crippen LogP contribution in [0.2, 0.25) is 0 Å². The summed E-state index contributed by atoms with van der Waals surface area (Å²) in [5, 5.41) is 0. The van der Waals surface area contributed by atoms with E-state index in [2.05, 4.69) is 32.3 Å². The quantitative estimate of drug-likeness (QED) is 0.673. The summed E-state index contributed by atoms with van der Waals surface area (Å²) >= 11 is 0. The Morgan fingerprint density at radius 2 is 2.12 bits per heavy atom. The molecule has 2 aliphatic rings. The van der Waals surface area contributed by atoms with Crippen molar-refractivity contribution in [3.05, 3.63) is 12.7 Å². The van der Waals surface area contributed by atoms with Crippen molar-refractivity contribution < 1.29 is 4.79 Å². The third-order valence-electron chi connectivity index (χ3n) is 4.33. The molecule has 0 aromatic carbocycles. The molecule has 1 saturated carbocycles. The zero-order valence-corrected chi connectivity index (χ0v) is 11.4. The predicted octanol–water partition coefficient (Wildman–Crippen LogP) is 3.24.